The fourth-order valence-corrected chi connectivity index (χ4v) is 5.07. The number of thioether (sulfide) groups is 1. The Morgan fingerprint density at radius 1 is 1.09 bits per heavy atom. The molecular weight excluding hydrogens is 456 g/mol. The second-order valence-electron chi connectivity index (χ2n) is 10.2. The Kier molecular flexibility index (Phi) is 8.63. The minimum atomic E-state index is 0.0879. The summed E-state index contributed by atoms with van der Waals surface area (Å²) >= 11 is 1.85. The third kappa shape index (κ3) is 7.42. The van der Waals surface area contributed by atoms with Gasteiger partial charge in [-0.2, -0.15) is 16.7 Å². The Hall–Kier alpha value is -2.64. The molecule has 186 valence electrons. The molecule has 35 heavy (non-hydrogen) atoms. The van der Waals surface area contributed by atoms with Gasteiger partial charge in [-0.1, -0.05) is 80.5 Å². The van der Waals surface area contributed by atoms with Crippen LogP contribution in [0.15, 0.2) is 59.1 Å². The summed E-state index contributed by atoms with van der Waals surface area (Å²) in [5.41, 5.74) is 3.68. The molecule has 0 bridgehead atoms. The third-order valence-corrected chi connectivity index (χ3v) is 7.48. The van der Waals surface area contributed by atoms with Crippen molar-refractivity contribution in [3.8, 4) is 11.4 Å². The number of piperidine rings is 1. The van der Waals surface area contributed by atoms with Gasteiger partial charge >= 0.3 is 0 Å². The van der Waals surface area contributed by atoms with E-state index in [-0.39, 0.29) is 17.2 Å². The number of carbonyl (C=O) groups is 1. The third-order valence-electron chi connectivity index (χ3n) is 6.45. The molecule has 6 nitrogen and oxygen atoms in total. The molecule has 4 rings (SSSR count). The highest BCUT2D eigenvalue weighted by Gasteiger charge is 2.26. The molecule has 1 N–H and O–H groups in total. The van der Waals surface area contributed by atoms with Crippen LogP contribution in [0.25, 0.3) is 11.4 Å². The van der Waals surface area contributed by atoms with E-state index in [1.807, 2.05) is 17.8 Å². The standard InChI is InChI=1S/C28H36N4O2S/c1-28(2,3)24-11-9-22(10-12-24)26-30-25(34-31-26)19-32-16-13-23(14-17-32)27(33)29-15-18-35-20-21-7-5-4-6-8-21/h4-12,23H,13-20H2,1-3H3,(H,29,33). The number of aromatic nitrogens is 2. The lowest BCUT2D eigenvalue weighted by Crippen LogP contribution is -2.40. The minimum Gasteiger partial charge on any atom is -0.355 e. The van der Waals surface area contributed by atoms with Crippen molar-refractivity contribution in [2.45, 2.75) is 51.3 Å². The average Bonchev–Trinajstić information content (AvgIpc) is 3.33. The van der Waals surface area contributed by atoms with Gasteiger partial charge in [0.1, 0.15) is 0 Å². The number of benzene rings is 2. The molecular formula is C28H36N4O2S. The van der Waals surface area contributed by atoms with E-state index in [0.717, 1.165) is 49.5 Å². The lowest BCUT2D eigenvalue weighted by Gasteiger charge is -2.30. The first-order chi connectivity index (χ1) is 16.9. The predicted molar refractivity (Wildman–Crippen MR) is 142 cm³/mol. The monoisotopic (exact) mass is 492 g/mol. The van der Waals surface area contributed by atoms with Gasteiger partial charge in [-0.3, -0.25) is 9.69 Å². The molecule has 2 aromatic carbocycles. The van der Waals surface area contributed by atoms with Crippen molar-refractivity contribution in [2.75, 3.05) is 25.4 Å². The number of nitrogens with zero attached hydrogens (tertiary/aromatic N) is 3. The predicted octanol–water partition coefficient (Wildman–Crippen LogP) is 5.30. The summed E-state index contributed by atoms with van der Waals surface area (Å²) in [5.74, 6) is 3.43. The van der Waals surface area contributed by atoms with Gasteiger partial charge < -0.3 is 9.84 Å². The van der Waals surface area contributed by atoms with Crippen LogP contribution in [-0.4, -0.2) is 46.3 Å². The fraction of sp³-hybridized carbons (Fsp3) is 0.464. The van der Waals surface area contributed by atoms with Crippen molar-refractivity contribution in [3.05, 3.63) is 71.6 Å². The van der Waals surface area contributed by atoms with E-state index in [2.05, 4.69) is 89.7 Å². The molecule has 0 unspecified atom stereocenters. The van der Waals surface area contributed by atoms with Crippen LogP contribution in [0.1, 0.15) is 50.6 Å². The molecule has 0 atom stereocenters. The zero-order valence-corrected chi connectivity index (χ0v) is 21.8. The maximum absolute atomic E-state index is 12.6. The Morgan fingerprint density at radius 2 is 1.80 bits per heavy atom. The number of likely N-dealkylation sites (tertiary alicyclic amines) is 1. The molecule has 1 saturated heterocycles. The van der Waals surface area contributed by atoms with E-state index in [1.165, 1.54) is 11.1 Å². The Balaban J connectivity index is 1.16. The van der Waals surface area contributed by atoms with Gasteiger partial charge in [0.05, 0.1) is 6.54 Å². The fourth-order valence-electron chi connectivity index (χ4n) is 4.26. The molecule has 1 aliphatic rings. The molecule has 1 amide bonds. The van der Waals surface area contributed by atoms with Crippen LogP contribution in [0, 0.1) is 5.92 Å². The summed E-state index contributed by atoms with van der Waals surface area (Å²) in [4.78, 5) is 19.5. The molecule has 0 saturated carbocycles. The normalized spacial score (nSPS) is 15.3. The van der Waals surface area contributed by atoms with Crippen LogP contribution < -0.4 is 5.32 Å². The largest absolute Gasteiger partial charge is 0.355 e. The summed E-state index contributed by atoms with van der Waals surface area (Å²) in [6.45, 7) is 9.67. The summed E-state index contributed by atoms with van der Waals surface area (Å²) in [7, 11) is 0. The molecule has 1 aliphatic heterocycles. The van der Waals surface area contributed by atoms with Crippen LogP contribution >= 0.6 is 11.8 Å². The average molecular weight is 493 g/mol. The molecule has 1 fully saturated rings. The van der Waals surface area contributed by atoms with E-state index in [1.54, 1.807) is 0 Å². The van der Waals surface area contributed by atoms with Gasteiger partial charge in [-0.25, -0.2) is 0 Å². The van der Waals surface area contributed by atoms with Gasteiger partial charge in [0, 0.05) is 29.5 Å². The minimum absolute atomic E-state index is 0.0879. The Labute approximate surface area is 212 Å². The highest BCUT2D eigenvalue weighted by molar-refractivity contribution is 7.98. The molecule has 0 aliphatic carbocycles. The first kappa shape index (κ1) is 25.5. The van der Waals surface area contributed by atoms with E-state index in [9.17, 15) is 4.79 Å². The van der Waals surface area contributed by atoms with E-state index < -0.39 is 0 Å². The molecule has 1 aromatic heterocycles. The van der Waals surface area contributed by atoms with Gasteiger partial charge in [-0.05, 0) is 42.5 Å². The highest BCUT2D eigenvalue weighted by Crippen LogP contribution is 2.25. The SMILES string of the molecule is CC(C)(C)c1ccc(-c2noc(CN3CCC(C(=O)NCCSCc4ccccc4)CC3)n2)cc1. The maximum atomic E-state index is 12.6. The number of nitrogens with one attached hydrogen (secondary N) is 1. The van der Waals surface area contributed by atoms with Crippen molar-refractivity contribution in [1.29, 1.82) is 0 Å². The van der Waals surface area contributed by atoms with Crippen LogP contribution in [-0.2, 0) is 22.5 Å². The quantitative estimate of drug-likeness (QED) is 0.409. The zero-order valence-electron chi connectivity index (χ0n) is 21.0. The molecule has 2 heterocycles. The number of rotatable bonds is 9. The molecule has 3 aromatic rings. The van der Waals surface area contributed by atoms with E-state index in [4.69, 9.17) is 4.52 Å². The van der Waals surface area contributed by atoms with Crippen molar-refractivity contribution in [3.63, 3.8) is 0 Å². The van der Waals surface area contributed by atoms with Crippen molar-refractivity contribution >= 4 is 17.7 Å². The molecule has 0 radical (unpaired) electrons. The summed E-state index contributed by atoms with van der Waals surface area (Å²) in [5, 5.41) is 7.29. The first-order valence-electron chi connectivity index (χ1n) is 12.4. The number of hydrogen-bond donors (Lipinski definition) is 1. The van der Waals surface area contributed by atoms with Crippen LogP contribution in [0.4, 0.5) is 0 Å². The van der Waals surface area contributed by atoms with Crippen molar-refractivity contribution in [2.24, 2.45) is 5.92 Å². The maximum Gasteiger partial charge on any atom is 0.241 e. The van der Waals surface area contributed by atoms with E-state index in [0.29, 0.717) is 18.3 Å². The van der Waals surface area contributed by atoms with Crippen LogP contribution in [0.3, 0.4) is 0 Å². The van der Waals surface area contributed by atoms with Gasteiger partial charge in [-0.15, -0.1) is 0 Å². The molecule has 0 spiro atoms. The summed E-state index contributed by atoms with van der Waals surface area (Å²) in [6, 6.07) is 18.8. The molecule has 7 heteroatoms. The zero-order chi connectivity index (χ0) is 24.7. The highest BCUT2D eigenvalue weighted by atomic mass is 32.2. The first-order valence-corrected chi connectivity index (χ1v) is 13.6. The topological polar surface area (TPSA) is 71.3 Å². The summed E-state index contributed by atoms with van der Waals surface area (Å²) < 4.78 is 5.52. The number of carbonyl (C=O) groups excluding carboxylic acids is 1. The summed E-state index contributed by atoms with van der Waals surface area (Å²) in [6.07, 6.45) is 1.72. The second-order valence-corrected chi connectivity index (χ2v) is 11.3. The van der Waals surface area contributed by atoms with E-state index >= 15 is 0 Å². The lowest BCUT2D eigenvalue weighted by atomic mass is 9.87. The number of amides is 1. The lowest BCUT2D eigenvalue weighted by molar-refractivity contribution is -0.126. The van der Waals surface area contributed by atoms with Gasteiger partial charge in [0.15, 0.2) is 0 Å². The van der Waals surface area contributed by atoms with Gasteiger partial charge in [0.25, 0.3) is 0 Å². The van der Waals surface area contributed by atoms with Crippen LogP contribution in [0.5, 0.6) is 0 Å². The van der Waals surface area contributed by atoms with Gasteiger partial charge in [0.2, 0.25) is 17.6 Å². The number of hydrogen-bond acceptors (Lipinski definition) is 6. The Morgan fingerprint density at radius 3 is 2.49 bits per heavy atom. The van der Waals surface area contributed by atoms with Crippen molar-refractivity contribution in [1.82, 2.24) is 20.4 Å². The Bertz CT molecular complexity index is 1070. The van der Waals surface area contributed by atoms with Crippen molar-refractivity contribution < 1.29 is 9.32 Å². The second kappa shape index (κ2) is 11.9. The van der Waals surface area contributed by atoms with Crippen LogP contribution in [0.2, 0.25) is 0 Å². The smallest absolute Gasteiger partial charge is 0.241 e.